The summed E-state index contributed by atoms with van der Waals surface area (Å²) < 4.78 is 37.4. The molecule has 3 aromatic rings. The van der Waals surface area contributed by atoms with Gasteiger partial charge in [0.1, 0.15) is 6.61 Å². The maximum Gasteiger partial charge on any atom is 0.408 e. The number of nitrogens with one attached hydrogen (secondary N) is 1. The Bertz CT molecular complexity index is 1310. The minimum Gasteiger partial charge on any atom is -0.461 e. The van der Waals surface area contributed by atoms with E-state index in [4.69, 9.17) is 14.7 Å². The highest BCUT2D eigenvalue weighted by atomic mass is 19.3. The minimum absolute atomic E-state index is 0.0257. The van der Waals surface area contributed by atoms with E-state index in [0.29, 0.717) is 26.9 Å². The molecule has 0 saturated heterocycles. The van der Waals surface area contributed by atoms with E-state index in [0.717, 1.165) is 5.56 Å². The molecule has 8 nitrogen and oxygen atoms in total. The van der Waals surface area contributed by atoms with Gasteiger partial charge in [0.15, 0.2) is 5.54 Å². The molecule has 198 valence electrons. The number of ether oxygens (including phenoxy) is 2. The molecular formula is C28H28F2N4O4. The van der Waals surface area contributed by atoms with Crippen LogP contribution in [0.3, 0.4) is 0 Å². The smallest absolute Gasteiger partial charge is 0.408 e. The number of carbonyl (C=O) groups excluding carboxylic acids is 2. The highest BCUT2D eigenvalue weighted by molar-refractivity contribution is 5.88. The molecule has 0 saturated carbocycles. The van der Waals surface area contributed by atoms with E-state index >= 15 is 0 Å². The second-order valence-corrected chi connectivity index (χ2v) is 8.91. The number of allylic oxidation sites excluding steroid dienone is 1. The number of hydrogen-bond acceptors (Lipinski definition) is 6. The van der Waals surface area contributed by atoms with Crippen LogP contribution in [0.2, 0.25) is 0 Å². The van der Waals surface area contributed by atoms with E-state index < -0.39 is 30.3 Å². The minimum atomic E-state index is -2.78. The van der Waals surface area contributed by atoms with Crippen molar-refractivity contribution in [2.24, 2.45) is 0 Å². The average molecular weight is 523 g/mol. The van der Waals surface area contributed by atoms with Crippen molar-refractivity contribution in [2.45, 2.75) is 52.0 Å². The number of hydrogen-bond donors (Lipinski definition) is 1. The predicted molar refractivity (Wildman–Crippen MR) is 136 cm³/mol. The molecule has 1 N–H and O–H groups in total. The highest BCUT2D eigenvalue weighted by Gasteiger charge is 2.44. The van der Waals surface area contributed by atoms with Crippen molar-refractivity contribution < 1.29 is 27.8 Å². The Kier molecular flexibility index (Phi) is 9.33. The number of esters is 1. The average Bonchev–Trinajstić information content (AvgIpc) is 3.38. The number of nitriles is 1. The van der Waals surface area contributed by atoms with Crippen LogP contribution in [0.1, 0.15) is 44.9 Å². The van der Waals surface area contributed by atoms with E-state index in [-0.39, 0.29) is 13.0 Å². The van der Waals surface area contributed by atoms with Gasteiger partial charge in [-0.15, -0.1) is 0 Å². The van der Waals surface area contributed by atoms with Gasteiger partial charge in [-0.3, -0.25) is 0 Å². The van der Waals surface area contributed by atoms with Crippen molar-refractivity contribution in [3.8, 4) is 17.2 Å². The van der Waals surface area contributed by atoms with Crippen LogP contribution in [0.25, 0.3) is 11.1 Å². The third-order valence-corrected chi connectivity index (χ3v) is 5.59. The lowest BCUT2D eigenvalue weighted by Gasteiger charge is -2.33. The Balaban J connectivity index is 2.00. The van der Waals surface area contributed by atoms with E-state index in [1.165, 1.54) is 18.5 Å². The summed E-state index contributed by atoms with van der Waals surface area (Å²) in [6, 6.07) is 17.4. The molecule has 3 rings (SSSR count). The van der Waals surface area contributed by atoms with Crippen molar-refractivity contribution in [1.82, 2.24) is 15.1 Å². The van der Waals surface area contributed by atoms with Crippen molar-refractivity contribution >= 4 is 12.1 Å². The van der Waals surface area contributed by atoms with Crippen molar-refractivity contribution in [3.05, 3.63) is 89.8 Å². The summed E-state index contributed by atoms with van der Waals surface area (Å²) in [6.07, 6.45) is 2.36. The largest absolute Gasteiger partial charge is 0.461 e. The van der Waals surface area contributed by atoms with Gasteiger partial charge >= 0.3 is 18.6 Å². The molecule has 1 heterocycles. The van der Waals surface area contributed by atoms with Crippen LogP contribution in [0.5, 0.6) is 0 Å². The zero-order chi connectivity index (χ0) is 27.7. The zero-order valence-electron chi connectivity index (χ0n) is 21.2. The summed E-state index contributed by atoms with van der Waals surface area (Å²) in [5.41, 5.74) is 0.911. The Morgan fingerprint density at radius 3 is 2.39 bits per heavy atom. The zero-order valence-corrected chi connectivity index (χ0v) is 21.2. The fourth-order valence-electron chi connectivity index (χ4n) is 3.83. The van der Waals surface area contributed by atoms with Crippen LogP contribution in [-0.4, -0.2) is 27.9 Å². The second-order valence-electron chi connectivity index (χ2n) is 8.91. The van der Waals surface area contributed by atoms with E-state index in [2.05, 4.69) is 10.4 Å². The van der Waals surface area contributed by atoms with Crippen LogP contribution >= 0.6 is 0 Å². The fraction of sp³-hybridized carbons (Fsp3) is 0.286. The lowest BCUT2D eigenvalue weighted by molar-refractivity contribution is -0.156. The first-order chi connectivity index (χ1) is 18.1. The van der Waals surface area contributed by atoms with Crippen LogP contribution in [-0.2, 0) is 26.4 Å². The second kappa shape index (κ2) is 12.6. The molecule has 0 spiro atoms. The van der Waals surface area contributed by atoms with Gasteiger partial charge < -0.3 is 14.8 Å². The first kappa shape index (κ1) is 28.1. The summed E-state index contributed by atoms with van der Waals surface area (Å²) >= 11 is 0. The molecule has 1 amide bonds. The SMILES string of the molecule is CC(=CC#N)C[C@](NC(=O)OCc1ccccc1)(C(=O)OC(C)C)c1ccc(-c2cnn(C(F)F)c2)cc1. The third-order valence-electron chi connectivity index (χ3n) is 5.59. The topological polar surface area (TPSA) is 106 Å². The van der Waals surface area contributed by atoms with Gasteiger partial charge in [-0.1, -0.05) is 60.2 Å². The number of alkyl carbamates (subject to hydrolysis) is 1. The summed E-state index contributed by atoms with van der Waals surface area (Å²) in [6.45, 7) is 2.21. The standard InChI is InChI=1S/C28H28F2N4O4/c1-19(2)38-25(35)28(15-20(3)13-14-31,33-27(36)37-18-21-7-5-4-6-8-21)24-11-9-22(10-12-24)23-16-32-34(17-23)26(29)30/h4-13,16-17,19,26H,15,18H2,1-3H3,(H,33,36)/t28-/m1/s1. The van der Waals surface area contributed by atoms with Gasteiger partial charge in [0.2, 0.25) is 0 Å². The normalized spacial score (nSPS) is 13.1. The van der Waals surface area contributed by atoms with Crippen LogP contribution < -0.4 is 5.32 Å². The first-order valence-electron chi connectivity index (χ1n) is 11.8. The van der Waals surface area contributed by atoms with Crippen molar-refractivity contribution in [3.63, 3.8) is 0 Å². The van der Waals surface area contributed by atoms with Gasteiger partial charge in [0, 0.05) is 24.3 Å². The predicted octanol–water partition coefficient (Wildman–Crippen LogP) is 5.88. The number of alkyl halides is 2. The molecular weight excluding hydrogens is 494 g/mol. The van der Waals surface area contributed by atoms with Gasteiger partial charge in [0.05, 0.1) is 18.4 Å². The monoisotopic (exact) mass is 522 g/mol. The van der Waals surface area contributed by atoms with Crippen LogP contribution in [0.15, 0.2) is 78.6 Å². The Morgan fingerprint density at radius 2 is 1.82 bits per heavy atom. The number of amides is 1. The molecule has 0 aliphatic heterocycles. The maximum absolute atomic E-state index is 13.6. The molecule has 1 aromatic heterocycles. The molecule has 0 bridgehead atoms. The molecule has 10 heteroatoms. The maximum atomic E-state index is 13.6. The van der Waals surface area contributed by atoms with Gasteiger partial charge in [-0.25, -0.2) is 14.3 Å². The quantitative estimate of drug-likeness (QED) is 0.263. The molecule has 0 unspecified atom stereocenters. The van der Waals surface area contributed by atoms with E-state index in [1.54, 1.807) is 57.2 Å². The Hall–Kier alpha value is -4.52. The van der Waals surface area contributed by atoms with E-state index in [1.807, 2.05) is 24.3 Å². The highest BCUT2D eigenvalue weighted by Crippen LogP contribution is 2.33. The number of benzene rings is 2. The lowest BCUT2D eigenvalue weighted by Crippen LogP contribution is -2.53. The fourth-order valence-corrected chi connectivity index (χ4v) is 3.83. The Labute approximate surface area is 219 Å². The van der Waals surface area contributed by atoms with E-state index in [9.17, 15) is 18.4 Å². The number of nitrogens with zero attached hydrogens (tertiary/aromatic N) is 3. The number of carbonyl (C=O) groups is 2. The molecule has 0 aliphatic rings. The Morgan fingerprint density at radius 1 is 1.13 bits per heavy atom. The number of aromatic nitrogens is 2. The molecule has 0 fully saturated rings. The lowest BCUT2D eigenvalue weighted by atomic mass is 9.83. The van der Waals surface area contributed by atoms with Crippen molar-refractivity contribution in [2.75, 3.05) is 0 Å². The summed E-state index contributed by atoms with van der Waals surface area (Å²) in [5.74, 6) is -0.742. The van der Waals surface area contributed by atoms with Gasteiger partial charge in [0.25, 0.3) is 0 Å². The number of rotatable bonds is 10. The summed E-state index contributed by atoms with van der Waals surface area (Å²) in [4.78, 5) is 26.5. The third kappa shape index (κ3) is 7.03. The summed E-state index contributed by atoms with van der Waals surface area (Å²) in [5, 5.41) is 15.5. The van der Waals surface area contributed by atoms with Crippen molar-refractivity contribution in [1.29, 1.82) is 5.26 Å². The molecule has 2 aromatic carbocycles. The number of halogens is 2. The molecule has 0 aliphatic carbocycles. The van der Waals surface area contributed by atoms with Gasteiger partial charge in [-0.05, 0) is 37.5 Å². The first-order valence-corrected chi connectivity index (χ1v) is 11.8. The molecule has 1 atom stereocenters. The van der Waals surface area contributed by atoms with Gasteiger partial charge in [-0.2, -0.15) is 19.1 Å². The van der Waals surface area contributed by atoms with Crippen LogP contribution in [0, 0.1) is 11.3 Å². The molecule has 0 radical (unpaired) electrons. The van der Waals surface area contributed by atoms with Crippen LogP contribution in [0.4, 0.5) is 13.6 Å². The molecule has 38 heavy (non-hydrogen) atoms. The summed E-state index contributed by atoms with van der Waals surface area (Å²) in [7, 11) is 0.